The van der Waals surface area contributed by atoms with E-state index < -0.39 is 11.4 Å². The third-order valence-corrected chi connectivity index (χ3v) is 3.64. The third-order valence-electron chi connectivity index (χ3n) is 3.35. The molecule has 1 aromatic rings. The van der Waals surface area contributed by atoms with Gasteiger partial charge in [0.05, 0.1) is 10.6 Å². The highest BCUT2D eigenvalue weighted by molar-refractivity contribution is 6.30. The van der Waals surface area contributed by atoms with Crippen molar-refractivity contribution in [3.63, 3.8) is 0 Å². The van der Waals surface area contributed by atoms with Gasteiger partial charge in [-0.2, -0.15) is 0 Å². The van der Waals surface area contributed by atoms with Gasteiger partial charge >= 0.3 is 0 Å². The van der Waals surface area contributed by atoms with Crippen LogP contribution in [0.5, 0.6) is 0 Å². The lowest BCUT2D eigenvalue weighted by atomic mass is 9.95. The number of amides is 1. The predicted molar refractivity (Wildman–Crippen MR) is 76.9 cm³/mol. The van der Waals surface area contributed by atoms with E-state index in [1.165, 1.54) is 18.2 Å². The van der Waals surface area contributed by atoms with Gasteiger partial charge in [-0.3, -0.25) is 4.79 Å². The molecule has 0 saturated carbocycles. The quantitative estimate of drug-likeness (QED) is 0.853. The van der Waals surface area contributed by atoms with Gasteiger partial charge in [-0.05, 0) is 43.5 Å². The second kappa shape index (κ2) is 5.94. The number of benzene rings is 1. The first kappa shape index (κ1) is 15.0. The molecule has 0 aromatic heterocycles. The van der Waals surface area contributed by atoms with Crippen LogP contribution >= 0.6 is 11.6 Å². The fourth-order valence-corrected chi connectivity index (χ4v) is 2.49. The standard InChI is InChI=1S/C15H17ClFNO2/c1-15(20)7-2-8-18(10-15)14(19)6-4-11-3-5-13(17)12(16)9-11/h3-6,9,20H,2,7-8,10H2,1H3/b6-4+. The second-order valence-electron chi connectivity index (χ2n) is 5.37. The molecule has 0 spiro atoms. The first-order valence-electron chi connectivity index (χ1n) is 6.52. The van der Waals surface area contributed by atoms with Gasteiger partial charge in [0.2, 0.25) is 5.91 Å². The van der Waals surface area contributed by atoms with Crippen LogP contribution in [-0.2, 0) is 4.79 Å². The number of β-amino-alcohol motifs (C(OH)–C–C–N with tert-alkyl or cyclic N) is 1. The van der Waals surface area contributed by atoms with E-state index in [-0.39, 0.29) is 10.9 Å². The van der Waals surface area contributed by atoms with E-state index in [9.17, 15) is 14.3 Å². The molecule has 20 heavy (non-hydrogen) atoms. The molecule has 1 heterocycles. The fraction of sp³-hybridized carbons (Fsp3) is 0.400. The first-order valence-corrected chi connectivity index (χ1v) is 6.90. The largest absolute Gasteiger partial charge is 0.388 e. The number of halogens is 2. The Morgan fingerprint density at radius 2 is 2.30 bits per heavy atom. The Hall–Kier alpha value is -1.39. The van der Waals surface area contributed by atoms with Crippen LogP contribution in [0.15, 0.2) is 24.3 Å². The smallest absolute Gasteiger partial charge is 0.246 e. The lowest BCUT2D eigenvalue weighted by Gasteiger charge is -2.36. The summed E-state index contributed by atoms with van der Waals surface area (Å²) in [5.41, 5.74) is -0.158. The van der Waals surface area contributed by atoms with Crippen molar-refractivity contribution in [3.8, 4) is 0 Å². The molecule has 3 nitrogen and oxygen atoms in total. The molecular weight excluding hydrogens is 281 g/mol. The Balaban J connectivity index is 2.03. The second-order valence-corrected chi connectivity index (χ2v) is 5.77. The molecule has 0 bridgehead atoms. The van der Waals surface area contributed by atoms with E-state index in [2.05, 4.69) is 0 Å². The van der Waals surface area contributed by atoms with Crippen molar-refractivity contribution in [2.75, 3.05) is 13.1 Å². The van der Waals surface area contributed by atoms with Crippen molar-refractivity contribution < 1.29 is 14.3 Å². The molecule has 0 radical (unpaired) electrons. The van der Waals surface area contributed by atoms with E-state index in [4.69, 9.17) is 11.6 Å². The van der Waals surface area contributed by atoms with Crippen LogP contribution in [0.25, 0.3) is 6.08 Å². The van der Waals surface area contributed by atoms with Crippen LogP contribution in [0.4, 0.5) is 4.39 Å². The summed E-state index contributed by atoms with van der Waals surface area (Å²) in [7, 11) is 0. The van der Waals surface area contributed by atoms with E-state index in [1.54, 1.807) is 24.0 Å². The average molecular weight is 298 g/mol. The lowest BCUT2D eigenvalue weighted by Crippen LogP contribution is -2.48. The Labute approximate surface area is 122 Å². The lowest BCUT2D eigenvalue weighted by molar-refractivity contribution is -0.132. The van der Waals surface area contributed by atoms with Crippen molar-refractivity contribution in [1.29, 1.82) is 0 Å². The van der Waals surface area contributed by atoms with Crippen LogP contribution in [0.3, 0.4) is 0 Å². The summed E-state index contributed by atoms with van der Waals surface area (Å²) < 4.78 is 13.0. The number of hydrogen-bond acceptors (Lipinski definition) is 2. The molecule has 5 heteroatoms. The van der Waals surface area contributed by atoms with Crippen LogP contribution < -0.4 is 0 Å². The number of likely N-dealkylation sites (tertiary alicyclic amines) is 1. The number of rotatable bonds is 2. The number of hydrogen-bond donors (Lipinski definition) is 1. The molecular formula is C15H17ClFNO2. The molecule has 1 saturated heterocycles. The number of carbonyl (C=O) groups is 1. The molecule has 1 aromatic carbocycles. The van der Waals surface area contributed by atoms with Gasteiger partial charge in [-0.15, -0.1) is 0 Å². The summed E-state index contributed by atoms with van der Waals surface area (Å²) in [6, 6.07) is 4.28. The normalized spacial score (nSPS) is 23.3. The first-order chi connectivity index (χ1) is 9.37. The number of nitrogens with zero attached hydrogens (tertiary/aromatic N) is 1. The van der Waals surface area contributed by atoms with Crippen LogP contribution in [0, 0.1) is 5.82 Å². The van der Waals surface area contributed by atoms with Crippen molar-refractivity contribution >= 4 is 23.6 Å². The molecule has 108 valence electrons. The van der Waals surface area contributed by atoms with E-state index in [1.807, 2.05) is 0 Å². The maximum atomic E-state index is 13.0. The van der Waals surface area contributed by atoms with Crippen molar-refractivity contribution in [3.05, 3.63) is 40.7 Å². The summed E-state index contributed by atoms with van der Waals surface area (Å²) in [5.74, 6) is -0.646. The van der Waals surface area contributed by atoms with Crippen LogP contribution in [-0.4, -0.2) is 34.6 Å². The van der Waals surface area contributed by atoms with E-state index in [0.717, 1.165) is 6.42 Å². The van der Waals surface area contributed by atoms with Gasteiger partial charge < -0.3 is 10.0 Å². The molecule has 0 aliphatic carbocycles. The van der Waals surface area contributed by atoms with Crippen molar-refractivity contribution in [1.82, 2.24) is 4.90 Å². The highest BCUT2D eigenvalue weighted by Gasteiger charge is 2.29. The van der Waals surface area contributed by atoms with Crippen LogP contribution in [0.2, 0.25) is 5.02 Å². The minimum absolute atomic E-state index is 0.0282. The highest BCUT2D eigenvalue weighted by Crippen LogP contribution is 2.21. The molecule has 1 aliphatic heterocycles. The fourth-order valence-electron chi connectivity index (χ4n) is 2.30. The Morgan fingerprint density at radius 3 is 2.95 bits per heavy atom. The maximum Gasteiger partial charge on any atom is 0.246 e. The molecule has 1 unspecified atom stereocenters. The summed E-state index contributed by atoms with van der Waals surface area (Å²) in [6.07, 6.45) is 4.50. The summed E-state index contributed by atoms with van der Waals surface area (Å²) >= 11 is 5.68. The molecule has 1 aliphatic rings. The van der Waals surface area contributed by atoms with E-state index in [0.29, 0.717) is 25.1 Å². The molecule has 1 N–H and O–H groups in total. The zero-order valence-corrected chi connectivity index (χ0v) is 12.0. The maximum absolute atomic E-state index is 13.0. The van der Waals surface area contributed by atoms with Crippen molar-refractivity contribution in [2.45, 2.75) is 25.4 Å². The van der Waals surface area contributed by atoms with Crippen molar-refractivity contribution in [2.24, 2.45) is 0 Å². The zero-order chi connectivity index (χ0) is 14.8. The molecule has 1 atom stereocenters. The Kier molecular flexibility index (Phi) is 4.45. The average Bonchev–Trinajstić information content (AvgIpc) is 2.38. The van der Waals surface area contributed by atoms with Crippen LogP contribution in [0.1, 0.15) is 25.3 Å². The van der Waals surface area contributed by atoms with Gasteiger partial charge in [0.25, 0.3) is 0 Å². The monoisotopic (exact) mass is 297 g/mol. The van der Waals surface area contributed by atoms with E-state index >= 15 is 0 Å². The number of aliphatic hydroxyl groups is 1. The van der Waals surface area contributed by atoms with Gasteiger partial charge in [0, 0.05) is 19.2 Å². The Morgan fingerprint density at radius 1 is 1.55 bits per heavy atom. The molecule has 1 amide bonds. The number of piperidine rings is 1. The van der Waals surface area contributed by atoms with Gasteiger partial charge in [0.1, 0.15) is 5.82 Å². The summed E-state index contributed by atoms with van der Waals surface area (Å²) in [4.78, 5) is 13.6. The minimum atomic E-state index is -0.819. The third kappa shape index (κ3) is 3.81. The molecule has 2 rings (SSSR count). The topological polar surface area (TPSA) is 40.5 Å². The molecule has 1 fully saturated rings. The number of carbonyl (C=O) groups excluding carboxylic acids is 1. The predicted octanol–water partition coefficient (Wildman–Crippen LogP) is 2.87. The highest BCUT2D eigenvalue weighted by atomic mass is 35.5. The summed E-state index contributed by atoms with van der Waals surface area (Å²) in [6.45, 7) is 2.71. The Bertz CT molecular complexity index is 543. The minimum Gasteiger partial charge on any atom is -0.388 e. The van der Waals surface area contributed by atoms with Gasteiger partial charge in [0.15, 0.2) is 0 Å². The summed E-state index contributed by atoms with van der Waals surface area (Å²) in [5, 5.41) is 10.00. The SMILES string of the molecule is CC1(O)CCCN(C(=O)/C=C/c2ccc(F)c(Cl)c2)C1. The van der Waals surface area contributed by atoms with Gasteiger partial charge in [-0.1, -0.05) is 17.7 Å². The zero-order valence-electron chi connectivity index (χ0n) is 11.3. The van der Waals surface area contributed by atoms with Gasteiger partial charge in [-0.25, -0.2) is 4.39 Å².